The molecule has 1 unspecified atom stereocenters. The highest BCUT2D eigenvalue weighted by atomic mass is 16.3. The molecule has 0 fully saturated rings. The second kappa shape index (κ2) is 5.58. The van der Waals surface area contributed by atoms with Gasteiger partial charge in [-0.3, -0.25) is 0 Å². The Morgan fingerprint density at radius 3 is 2.74 bits per heavy atom. The summed E-state index contributed by atoms with van der Waals surface area (Å²) in [5.74, 6) is 0.701. The highest BCUT2D eigenvalue weighted by Crippen LogP contribution is 2.35. The van der Waals surface area contributed by atoms with Crippen LogP contribution in [0.4, 0.5) is 0 Å². The third-order valence-corrected chi connectivity index (χ3v) is 4.23. The van der Waals surface area contributed by atoms with Crippen molar-refractivity contribution >= 4 is 10.8 Å². The van der Waals surface area contributed by atoms with Crippen molar-refractivity contribution in [3.8, 4) is 0 Å². The van der Waals surface area contributed by atoms with Gasteiger partial charge in [-0.1, -0.05) is 54.6 Å². The SMILES string of the molecule is OCC(c1cccc2ccccc12)[C@H]1C=CCCC1. The molecule has 1 nitrogen and oxygen atoms in total. The molecule has 1 N–H and O–H groups in total. The predicted octanol–water partition coefficient (Wildman–Crippen LogP) is 4.27. The lowest BCUT2D eigenvalue weighted by molar-refractivity contribution is 0.234. The van der Waals surface area contributed by atoms with Gasteiger partial charge >= 0.3 is 0 Å². The van der Waals surface area contributed by atoms with Gasteiger partial charge in [0.05, 0.1) is 6.61 Å². The Morgan fingerprint density at radius 2 is 1.95 bits per heavy atom. The predicted molar refractivity (Wildman–Crippen MR) is 80.3 cm³/mol. The molecule has 98 valence electrons. The number of benzene rings is 2. The van der Waals surface area contributed by atoms with Crippen molar-refractivity contribution in [2.75, 3.05) is 6.61 Å². The zero-order valence-electron chi connectivity index (χ0n) is 11.1. The molecule has 0 saturated heterocycles. The van der Waals surface area contributed by atoms with Crippen molar-refractivity contribution in [3.05, 3.63) is 60.2 Å². The molecule has 2 aromatic carbocycles. The maximum Gasteiger partial charge on any atom is 0.0505 e. The zero-order chi connectivity index (χ0) is 13.1. The van der Waals surface area contributed by atoms with Crippen molar-refractivity contribution in [1.29, 1.82) is 0 Å². The van der Waals surface area contributed by atoms with Crippen LogP contribution in [0, 0.1) is 5.92 Å². The molecule has 2 aromatic rings. The van der Waals surface area contributed by atoms with Crippen LogP contribution in [-0.4, -0.2) is 11.7 Å². The number of rotatable bonds is 3. The van der Waals surface area contributed by atoms with Gasteiger partial charge in [-0.25, -0.2) is 0 Å². The first-order chi connectivity index (χ1) is 9.40. The second-order valence-electron chi connectivity index (χ2n) is 5.38. The monoisotopic (exact) mass is 252 g/mol. The molecular formula is C18H20O. The quantitative estimate of drug-likeness (QED) is 0.809. The molecule has 0 bridgehead atoms. The van der Waals surface area contributed by atoms with E-state index in [2.05, 4.69) is 54.6 Å². The lowest BCUT2D eigenvalue weighted by Gasteiger charge is -2.26. The summed E-state index contributed by atoms with van der Waals surface area (Å²) in [5.41, 5.74) is 1.29. The van der Waals surface area contributed by atoms with Gasteiger partial charge < -0.3 is 5.11 Å². The van der Waals surface area contributed by atoms with Gasteiger partial charge in [-0.2, -0.15) is 0 Å². The van der Waals surface area contributed by atoms with E-state index in [1.54, 1.807) is 0 Å². The Balaban J connectivity index is 2.05. The largest absolute Gasteiger partial charge is 0.396 e. The molecule has 0 amide bonds. The Hall–Kier alpha value is -1.60. The van der Waals surface area contributed by atoms with Gasteiger partial charge in [0.15, 0.2) is 0 Å². The van der Waals surface area contributed by atoms with Gasteiger partial charge in [-0.05, 0) is 41.5 Å². The first-order valence-electron chi connectivity index (χ1n) is 7.15. The van der Waals surface area contributed by atoms with Crippen LogP contribution in [0.25, 0.3) is 10.8 Å². The summed E-state index contributed by atoms with van der Waals surface area (Å²) in [6, 6.07) is 14.9. The molecular weight excluding hydrogens is 232 g/mol. The molecule has 1 heteroatoms. The van der Waals surface area contributed by atoms with Crippen LogP contribution in [0.1, 0.15) is 30.7 Å². The summed E-state index contributed by atoms with van der Waals surface area (Å²) in [6.45, 7) is 0.225. The number of fused-ring (bicyclic) bond motifs is 1. The second-order valence-corrected chi connectivity index (χ2v) is 5.38. The molecule has 0 saturated carbocycles. The molecule has 3 rings (SSSR count). The Labute approximate surface area is 114 Å². The summed E-state index contributed by atoms with van der Waals surface area (Å²) >= 11 is 0. The van der Waals surface area contributed by atoms with Crippen LogP contribution >= 0.6 is 0 Å². The molecule has 19 heavy (non-hydrogen) atoms. The third kappa shape index (κ3) is 2.43. The van der Waals surface area contributed by atoms with Crippen LogP contribution in [0.3, 0.4) is 0 Å². The van der Waals surface area contributed by atoms with Crippen LogP contribution in [-0.2, 0) is 0 Å². The number of aliphatic hydroxyl groups excluding tert-OH is 1. The smallest absolute Gasteiger partial charge is 0.0505 e. The number of aliphatic hydroxyl groups is 1. The maximum absolute atomic E-state index is 9.86. The van der Waals surface area contributed by atoms with E-state index in [9.17, 15) is 5.11 Å². The summed E-state index contributed by atoms with van der Waals surface area (Å²) in [7, 11) is 0. The van der Waals surface area contributed by atoms with E-state index in [0.29, 0.717) is 5.92 Å². The van der Waals surface area contributed by atoms with Crippen molar-refractivity contribution < 1.29 is 5.11 Å². The summed E-state index contributed by atoms with van der Waals surface area (Å²) in [4.78, 5) is 0. The fraction of sp³-hybridized carbons (Fsp3) is 0.333. The molecule has 2 atom stereocenters. The molecule has 1 aliphatic rings. The summed E-state index contributed by atoms with van der Waals surface area (Å²) in [5, 5.41) is 12.4. The van der Waals surface area contributed by atoms with Crippen LogP contribution in [0.2, 0.25) is 0 Å². The Kier molecular flexibility index (Phi) is 3.65. The number of hydrogen-bond donors (Lipinski definition) is 1. The lowest BCUT2D eigenvalue weighted by Crippen LogP contribution is -2.17. The van der Waals surface area contributed by atoms with Gasteiger partial charge in [0.25, 0.3) is 0 Å². The van der Waals surface area contributed by atoms with Crippen molar-refractivity contribution in [2.45, 2.75) is 25.2 Å². The fourth-order valence-electron chi connectivity index (χ4n) is 3.21. The lowest BCUT2D eigenvalue weighted by atomic mass is 9.79. The molecule has 0 heterocycles. The van der Waals surface area contributed by atoms with Crippen molar-refractivity contribution in [3.63, 3.8) is 0 Å². The topological polar surface area (TPSA) is 20.2 Å². The minimum Gasteiger partial charge on any atom is -0.396 e. The first kappa shape index (κ1) is 12.4. The van der Waals surface area contributed by atoms with Crippen molar-refractivity contribution in [1.82, 2.24) is 0 Å². The van der Waals surface area contributed by atoms with Gasteiger partial charge in [0.1, 0.15) is 0 Å². The van der Waals surface area contributed by atoms with E-state index in [1.807, 2.05) is 0 Å². The highest BCUT2D eigenvalue weighted by Gasteiger charge is 2.23. The van der Waals surface area contributed by atoms with Crippen molar-refractivity contribution in [2.24, 2.45) is 5.92 Å². The van der Waals surface area contributed by atoms with E-state index in [-0.39, 0.29) is 12.5 Å². The highest BCUT2D eigenvalue weighted by molar-refractivity contribution is 5.86. The Bertz CT molecular complexity index is 580. The zero-order valence-corrected chi connectivity index (χ0v) is 11.1. The van der Waals surface area contributed by atoms with Crippen LogP contribution in [0.5, 0.6) is 0 Å². The Morgan fingerprint density at radius 1 is 1.11 bits per heavy atom. The third-order valence-electron chi connectivity index (χ3n) is 4.23. The average Bonchev–Trinajstić information content (AvgIpc) is 2.49. The summed E-state index contributed by atoms with van der Waals surface area (Å²) < 4.78 is 0. The summed E-state index contributed by atoms with van der Waals surface area (Å²) in [6.07, 6.45) is 8.17. The number of hydrogen-bond acceptors (Lipinski definition) is 1. The molecule has 0 spiro atoms. The van der Waals surface area contributed by atoms with E-state index < -0.39 is 0 Å². The average molecular weight is 252 g/mol. The van der Waals surface area contributed by atoms with Crippen LogP contribution in [0.15, 0.2) is 54.6 Å². The van der Waals surface area contributed by atoms with E-state index in [4.69, 9.17) is 0 Å². The molecule has 1 aliphatic carbocycles. The first-order valence-corrected chi connectivity index (χ1v) is 7.15. The fourth-order valence-corrected chi connectivity index (χ4v) is 3.21. The normalized spacial score (nSPS) is 20.6. The maximum atomic E-state index is 9.86. The van der Waals surface area contributed by atoms with Gasteiger partial charge in [0.2, 0.25) is 0 Å². The molecule has 0 radical (unpaired) electrons. The van der Waals surface area contributed by atoms with Gasteiger partial charge in [0, 0.05) is 5.92 Å². The minimum atomic E-state index is 0.225. The van der Waals surface area contributed by atoms with E-state index in [0.717, 1.165) is 0 Å². The van der Waals surface area contributed by atoms with E-state index >= 15 is 0 Å². The van der Waals surface area contributed by atoms with E-state index in [1.165, 1.54) is 35.6 Å². The minimum absolute atomic E-state index is 0.225. The molecule has 0 aromatic heterocycles. The standard InChI is InChI=1S/C18H20O/c19-13-18(15-7-2-1-3-8-15)17-12-6-10-14-9-4-5-11-16(14)17/h2,4-7,9-12,15,18-19H,1,3,8,13H2/t15-,18?/m0/s1. The number of allylic oxidation sites excluding steroid dienone is 2. The van der Waals surface area contributed by atoms with Gasteiger partial charge in [-0.15, -0.1) is 0 Å². The molecule has 0 aliphatic heterocycles. The van der Waals surface area contributed by atoms with Crippen LogP contribution < -0.4 is 0 Å².